The number of carbonyl (C=O) groups excluding carboxylic acids is 3. The molecule has 2 bridgehead atoms. The molecular formula is C55H74IN3O21S4. The summed E-state index contributed by atoms with van der Waals surface area (Å²) in [6.07, 6.45) is -11.9. The van der Waals surface area contributed by atoms with Gasteiger partial charge in [0, 0.05) is 44.0 Å². The summed E-state index contributed by atoms with van der Waals surface area (Å²) in [5, 5.41) is 62.7. The van der Waals surface area contributed by atoms with Crippen molar-refractivity contribution >= 4 is 82.8 Å². The summed E-state index contributed by atoms with van der Waals surface area (Å²) >= 11 is 2.83. The highest BCUT2D eigenvalue weighted by Crippen LogP contribution is 2.49. The van der Waals surface area contributed by atoms with E-state index in [1.165, 1.54) is 64.9 Å². The highest BCUT2D eigenvalue weighted by Gasteiger charge is 2.52. The van der Waals surface area contributed by atoms with Gasteiger partial charge in [-0.05, 0) is 90.6 Å². The Balaban J connectivity index is 1.12. The molecule has 4 saturated heterocycles. The zero-order chi connectivity index (χ0) is 61.2. The average Bonchev–Trinajstić information content (AvgIpc) is 1.36. The molecule has 8 N–H and O–H groups in total. The van der Waals surface area contributed by atoms with Crippen molar-refractivity contribution in [3.05, 3.63) is 49.8 Å². The zero-order valence-corrected chi connectivity index (χ0v) is 53.6. The van der Waals surface area contributed by atoms with E-state index >= 15 is 0 Å². The molecule has 24 nitrogen and oxygen atoms in total. The minimum Gasteiger partial charge on any atom is -0.492 e. The number of hydrogen-bond acceptors (Lipinski definition) is 27. The number of aliphatic hydroxyl groups excluding tert-OH is 4. The van der Waals surface area contributed by atoms with Crippen molar-refractivity contribution in [1.82, 2.24) is 16.1 Å². The number of carbonyl (C=O) groups is 3. The van der Waals surface area contributed by atoms with Crippen LogP contribution in [0.5, 0.6) is 17.2 Å². The molecule has 0 saturated carbocycles. The van der Waals surface area contributed by atoms with Crippen molar-refractivity contribution in [2.45, 2.75) is 169 Å². The van der Waals surface area contributed by atoms with E-state index in [0.717, 1.165) is 18.9 Å². The minimum absolute atomic E-state index is 0.0155. The van der Waals surface area contributed by atoms with Crippen LogP contribution in [0, 0.1) is 34.2 Å². The molecule has 466 valence electrons. The Morgan fingerprint density at radius 1 is 0.881 bits per heavy atom. The summed E-state index contributed by atoms with van der Waals surface area (Å²) in [4.78, 5) is 47.5. The van der Waals surface area contributed by atoms with Crippen molar-refractivity contribution in [2.75, 3.05) is 60.7 Å². The first kappa shape index (κ1) is 68.5. The molecule has 0 aromatic heterocycles. The first-order chi connectivity index (χ1) is 40.2. The Morgan fingerprint density at radius 3 is 2.27 bits per heavy atom. The van der Waals surface area contributed by atoms with Gasteiger partial charge in [0.2, 0.25) is 17.2 Å². The lowest BCUT2D eigenvalue weighted by Gasteiger charge is -2.46. The maximum absolute atomic E-state index is 14.4. The van der Waals surface area contributed by atoms with Crippen LogP contribution in [-0.4, -0.2) is 218 Å². The quantitative estimate of drug-likeness (QED) is 0.0272. The Morgan fingerprint density at radius 2 is 1.61 bits per heavy atom. The van der Waals surface area contributed by atoms with E-state index in [0.29, 0.717) is 21.4 Å². The lowest BCUT2D eigenvalue weighted by Crippen LogP contribution is -2.65. The van der Waals surface area contributed by atoms with Crippen LogP contribution in [-0.2, 0) is 52.3 Å². The van der Waals surface area contributed by atoms with Crippen LogP contribution in [0.3, 0.4) is 0 Å². The van der Waals surface area contributed by atoms with Crippen molar-refractivity contribution < 1.29 is 102 Å². The number of halogens is 1. The highest BCUT2D eigenvalue weighted by molar-refractivity contribution is 14.1. The summed E-state index contributed by atoms with van der Waals surface area (Å²) in [6.45, 7) is 9.41. The van der Waals surface area contributed by atoms with Gasteiger partial charge in [0.25, 0.3) is 0 Å². The van der Waals surface area contributed by atoms with Crippen LogP contribution in [0.15, 0.2) is 35.1 Å². The van der Waals surface area contributed by atoms with Gasteiger partial charge in [0.1, 0.15) is 36.6 Å². The van der Waals surface area contributed by atoms with Crippen LogP contribution in [0.1, 0.15) is 62.9 Å². The molecule has 19 atom stereocenters. The summed E-state index contributed by atoms with van der Waals surface area (Å²) in [7, 11) is 11.3. The highest BCUT2D eigenvalue weighted by atomic mass is 127. The third kappa shape index (κ3) is 15.7. The average molecular weight is 1370 g/mol. The molecule has 0 radical (unpaired) electrons. The fraction of sp³-hybridized carbons (Fsp3) is 0.655. The normalized spacial score (nSPS) is 35.9. The number of fused-ring (bicyclic) bond motifs is 2. The lowest BCUT2D eigenvalue weighted by molar-refractivity contribution is -0.336. The second kappa shape index (κ2) is 31.5. The molecular weight excluding hydrogens is 1290 g/mol. The lowest BCUT2D eigenvalue weighted by atomic mass is 9.75. The molecule has 0 spiro atoms. The number of alkyl carbamates (subject to hydrolysis) is 1. The number of aliphatic hydroxyl groups is 5. The van der Waals surface area contributed by atoms with E-state index in [1.807, 2.05) is 35.8 Å². The second-order valence-electron chi connectivity index (χ2n) is 20.1. The zero-order valence-electron chi connectivity index (χ0n) is 48.1. The number of hydrogen-bond donors (Lipinski definition) is 8. The Labute approximate surface area is 517 Å². The predicted molar refractivity (Wildman–Crippen MR) is 320 cm³/mol. The molecule has 4 fully saturated rings. The van der Waals surface area contributed by atoms with Gasteiger partial charge in [-0.1, -0.05) is 70.0 Å². The summed E-state index contributed by atoms with van der Waals surface area (Å²) < 4.78 is 72.5. The fourth-order valence-electron chi connectivity index (χ4n) is 10.5. The van der Waals surface area contributed by atoms with E-state index in [-0.39, 0.29) is 71.2 Å². The van der Waals surface area contributed by atoms with Gasteiger partial charge in [-0.15, -0.1) is 0 Å². The molecule has 1 aromatic rings. The third-order valence-corrected chi connectivity index (χ3v) is 21.2. The number of ketones is 1. The van der Waals surface area contributed by atoms with Crippen LogP contribution in [0.2, 0.25) is 0 Å². The minimum atomic E-state index is -2.05. The largest absolute Gasteiger partial charge is 0.492 e. The van der Waals surface area contributed by atoms with E-state index in [1.54, 1.807) is 40.9 Å². The van der Waals surface area contributed by atoms with Crippen LogP contribution in [0.25, 0.3) is 0 Å². The predicted octanol–water partition coefficient (Wildman–Crippen LogP) is 3.20. The molecule has 2 aliphatic carbocycles. The monoisotopic (exact) mass is 1370 g/mol. The van der Waals surface area contributed by atoms with Crippen molar-refractivity contribution in [1.29, 1.82) is 0 Å². The molecule has 4 heterocycles. The molecule has 1 aromatic carbocycles. The number of methoxy groups -OCH3 is 5. The maximum atomic E-state index is 14.4. The van der Waals surface area contributed by atoms with E-state index in [4.69, 9.17) is 61.7 Å². The Hall–Kier alpha value is -2.94. The number of benzene rings is 1. The molecule has 1 amide bonds. The number of nitrogens with one attached hydrogen (secondary N) is 3. The topological polar surface area (TPSA) is 308 Å². The number of allylic oxidation sites excluding steroid dienone is 3. The van der Waals surface area contributed by atoms with Gasteiger partial charge >= 0.3 is 6.09 Å². The van der Waals surface area contributed by atoms with Crippen LogP contribution < -0.4 is 30.3 Å². The first-order valence-electron chi connectivity index (χ1n) is 26.9. The Kier molecular flexibility index (Phi) is 25.7. The molecule has 7 rings (SSSR count). The number of rotatable bonds is 22. The van der Waals surface area contributed by atoms with Crippen LogP contribution >= 0.6 is 65.8 Å². The molecule has 84 heavy (non-hydrogen) atoms. The fourth-order valence-corrected chi connectivity index (χ4v) is 14.7. The number of amides is 1. The molecule has 6 aliphatic rings. The van der Waals surface area contributed by atoms with Gasteiger partial charge in [-0.2, -0.15) is 5.48 Å². The van der Waals surface area contributed by atoms with E-state index < -0.39 is 127 Å². The smallest absolute Gasteiger partial charge is 0.411 e. The summed E-state index contributed by atoms with van der Waals surface area (Å²) in [6, 6.07) is -1.27. The first-order valence-corrected chi connectivity index (χ1v) is 32.9. The number of thioether (sulfide) groups is 1. The van der Waals surface area contributed by atoms with Gasteiger partial charge in [0.05, 0.1) is 97.0 Å². The Bertz CT molecular complexity index is 2710. The van der Waals surface area contributed by atoms with Gasteiger partial charge in [0.15, 0.2) is 41.8 Å². The summed E-state index contributed by atoms with van der Waals surface area (Å²) in [5.41, 5.74) is 1.30. The van der Waals surface area contributed by atoms with E-state index in [2.05, 4.69) is 39.8 Å². The third-order valence-electron chi connectivity index (χ3n) is 14.8. The van der Waals surface area contributed by atoms with E-state index in [9.17, 15) is 39.9 Å². The van der Waals surface area contributed by atoms with Crippen molar-refractivity contribution in [3.63, 3.8) is 0 Å². The van der Waals surface area contributed by atoms with Gasteiger partial charge < -0.3 is 87.7 Å². The number of Topliss-reactive ketones (excluding diaryl/α,β-unsaturated/α-hetero) is 1. The molecule has 4 aliphatic heterocycles. The summed E-state index contributed by atoms with van der Waals surface area (Å²) in [5.74, 6) is 11.3. The number of ether oxygens (including phenoxy) is 12. The standard InChI is InChI=1S/C55H74IN3O21S4/c1-12-57-30-24-73-35(22-34(30)68-6)78-48-43(63)40(26(3)75-53(48)77-33-17-15-13-14-16-19-55(67)23-32(61)41(58-54(66)72-10)38(33)29(55)18-20-82-84-81-11)59-80-36-21-31(60)50(28(5)74-36)83-51(65)37-25(2)39(56)46(49(71-9)45(37)69-7)79-52-44(64)47(70-8)42(62)27(4)76-52/h13-14,18,26-28,30-31,33-36,40,42-44,47-48,50,52-53,57,59-60,62-64,67H,12,20-24H2,1-11H3,(H,58,66)/b14-13+,29-18-. The molecule has 29 heteroatoms. The van der Waals surface area contributed by atoms with Crippen LogP contribution in [0.4, 0.5) is 4.79 Å². The SMILES string of the molecule is CCNC1COC(OC2C(OC3C#C/C=C/C#CC4(O)CC(=O)C(NC(=O)OC)=C3/C4=C/CSSSC)OC(C)C(NOC3CC(O)C(SC(=O)c4c(C)c(I)c(OC5OC(C)C(O)C(OC)C5O)c(OC)c4OC)C(C)O3)C2O)CC1OC. The molecule has 19 unspecified atom stereocenters. The van der Waals surface area contributed by atoms with Crippen molar-refractivity contribution in [2.24, 2.45) is 0 Å². The number of hydroxylamine groups is 1. The van der Waals surface area contributed by atoms with Crippen molar-refractivity contribution in [3.8, 4) is 40.9 Å². The van der Waals surface area contributed by atoms with Gasteiger partial charge in [-0.3, -0.25) is 19.7 Å². The maximum Gasteiger partial charge on any atom is 0.411 e. The van der Waals surface area contributed by atoms with Gasteiger partial charge in [-0.25, -0.2) is 4.79 Å². The second-order valence-corrected chi connectivity index (χ2v) is 26.7. The number of likely N-dealkylation sites (N-methyl/N-ethyl adjacent to an activating group) is 1.